The van der Waals surface area contributed by atoms with Crippen LogP contribution in [0.5, 0.6) is 11.5 Å². The van der Waals surface area contributed by atoms with Crippen LogP contribution in [0, 0.1) is 12.7 Å². The van der Waals surface area contributed by atoms with Crippen LogP contribution < -0.4 is 20.1 Å². The lowest BCUT2D eigenvalue weighted by Crippen LogP contribution is -2.21. The molecule has 192 valence electrons. The van der Waals surface area contributed by atoms with Crippen molar-refractivity contribution in [2.24, 2.45) is 7.05 Å². The number of fused-ring (bicyclic) bond motifs is 3. The second kappa shape index (κ2) is 9.15. The van der Waals surface area contributed by atoms with Gasteiger partial charge in [-0.3, -0.25) is 4.79 Å². The van der Waals surface area contributed by atoms with Gasteiger partial charge in [-0.1, -0.05) is 23.7 Å². The summed E-state index contributed by atoms with van der Waals surface area (Å²) < 4.78 is 66.5. The van der Waals surface area contributed by atoms with Gasteiger partial charge in [-0.05, 0) is 42.8 Å². The standard InChI is InChI=1S/C25H19ClF4N4O3/c1-12-4-3-5-17(26)19(12)33-24-32-18-11-16(21-22(20(18)34(24)2)37-7-6-36-21)23(35)31-15-9-13(25(28,29)30)8-14(27)10-15/h3-5,8-11H,6-7H2,1-2H3,(H,31,35)(H,32,33). The summed E-state index contributed by atoms with van der Waals surface area (Å²) in [6.45, 7) is 2.25. The number of alkyl halides is 3. The number of hydrogen-bond donors (Lipinski definition) is 2. The number of hydrogen-bond acceptors (Lipinski definition) is 5. The minimum Gasteiger partial charge on any atom is -0.485 e. The Morgan fingerprint density at radius 2 is 1.84 bits per heavy atom. The fourth-order valence-electron chi connectivity index (χ4n) is 4.09. The van der Waals surface area contributed by atoms with E-state index in [4.69, 9.17) is 21.1 Å². The topological polar surface area (TPSA) is 77.4 Å². The van der Waals surface area contributed by atoms with Crippen LogP contribution in [-0.2, 0) is 13.2 Å². The number of ether oxygens (including phenoxy) is 2. The summed E-state index contributed by atoms with van der Waals surface area (Å²) in [6, 6.07) is 8.67. The Hall–Kier alpha value is -3.99. The molecule has 2 N–H and O–H groups in total. The lowest BCUT2D eigenvalue weighted by atomic mass is 10.1. The number of nitrogens with zero attached hydrogens (tertiary/aromatic N) is 2. The number of para-hydroxylation sites is 1. The Labute approximate surface area is 213 Å². The Morgan fingerprint density at radius 1 is 1.11 bits per heavy atom. The fourth-order valence-corrected chi connectivity index (χ4v) is 4.36. The smallest absolute Gasteiger partial charge is 0.416 e. The predicted molar refractivity (Wildman–Crippen MR) is 131 cm³/mol. The molecule has 0 aliphatic carbocycles. The number of halogens is 5. The largest absolute Gasteiger partial charge is 0.485 e. The minimum atomic E-state index is -4.78. The maximum atomic E-state index is 13.9. The number of anilines is 3. The third kappa shape index (κ3) is 4.62. The van der Waals surface area contributed by atoms with Crippen molar-refractivity contribution in [2.45, 2.75) is 13.1 Å². The molecule has 0 saturated carbocycles. The maximum Gasteiger partial charge on any atom is 0.416 e. The molecule has 2 heterocycles. The number of rotatable bonds is 4. The molecule has 1 amide bonds. The molecule has 7 nitrogen and oxygen atoms in total. The van der Waals surface area contributed by atoms with E-state index in [9.17, 15) is 22.4 Å². The fraction of sp³-hybridized carbons (Fsp3) is 0.200. The normalized spacial score (nSPS) is 13.1. The van der Waals surface area contributed by atoms with Crippen molar-refractivity contribution >= 4 is 45.9 Å². The van der Waals surface area contributed by atoms with Gasteiger partial charge in [0.25, 0.3) is 5.91 Å². The molecule has 3 aromatic carbocycles. The van der Waals surface area contributed by atoms with Gasteiger partial charge in [0.05, 0.1) is 27.4 Å². The molecular weight excluding hydrogens is 516 g/mol. The second-order valence-electron chi connectivity index (χ2n) is 8.38. The molecule has 4 aromatic rings. The zero-order valence-corrected chi connectivity index (χ0v) is 20.2. The molecule has 0 bridgehead atoms. The molecule has 1 aliphatic rings. The molecule has 0 saturated heterocycles. The van der Waals surface area contributed by atoms with Crippen molar-refractivity contribution in [3.05, 3.63) is 70.0 Å². The molecule has 1 aromatic heterocycles. The van der Waals surface area contributed by atoms with E-state index >= 15 is 0 Å². The molecule has 5 rings (SSSR count). The van der Waals surface area contributed by atoms with E-state index in [-0.39, 0.29) is 36.0 Å². The Bertz CT molecular complexity index is 1530. The van der Waals surface area contributed by atoms with Crippen LogP contribution in [0.25, 0.3) is 11.0 Å². The monoisotopic (exact) mass is 534 g/mol. The number of carbonyl (C=O) groups excluding carboxylic acids is 1. The molecule has 37 heavy (non-hydrogen) atoms. The lowest BCUT2D eigenvalue weighted by molar-refractivity contribution is -0.137. The first kappa shape index (κ1) is 24.7. The summed E-state index contributed by atoms with van der Waals surface area (Å²) in [4.78, 5) is 17.7. The molecule has 0 fully saturated rings. The van der Waals surface area contributed by atoms with E-state index < -0.39 is 23.5 Å². The average Bonchev–Trinajstić information content (AvgIpc) is 3.15. The first-order chi connectivity index (χ1) is 17.5. The summed E-state index contributed by atoms with van der Waals surface area (Å²) in [5.41, 5.74) is 0.810. The third-order valence-corrected chi connectivity index (χ3v) is 6.15. The van der Waals surface area contributed by atoms with E-state index in [1.165, 1.54) is 6.07 Å². The number of aryl methyl sites for hydroxylation is 2. The maximum absolute atomic E-state index is 13.9. The summed E-state index contributed by atoms with van der Waals surface area (Å²) in [5.74, 6) is -1.20. The van der Waals surface area contributed by atoms with Crippen molar-refractivity contribution < 1.29 is 31.8 Å². The Kier molecular flexibility index (Phi) is 6.10. The molecule has 0 spiro atoms. The van der Waals surface area contributed by atoms with Crippen molar-refractivity contribution in [2.75, 3.05) is 23.8 Å². The first-order valence-corrected chi connectivity index (χ1v) is 11.4. The Morgan fingerprint density at radius 3 is 2.54 bits per heavy atom. The second-order valence-corrected chi connectivity index (χ2v) is 8.79. The molecule has 1 aliphatic heterocycles. The molecule has 0 atom stereocenters. The van der Waals surface area contributed by atoms with Crippen LogP contribution in [0.3, 0.4) is 0 Å². The molecule has 12 heteroatoms. The van der Waals surface area contributed by atoms with Gasteiger partial charge in [0.15, 0.2) is 11.5 Å². The van der Waals surface area contributed by atoms with Crippen molar-refractivity contribution in [3.8, 4) is 11.5 Å². The number of nitrogens with one attached hydrogen (secondary N) is 2. The number of aromatic nitrogens is 2. The average molecular weight is 535 g/mol. The van der Waals surface area contributed by atoms with Gasteiger partial charge in [0, 0.05) is 12.7 Å². The van der Waals surface area contributed by atoms with Gasteiger partial charge in [-0.15, -0.1) is 0 Å². The number of imidazole rings is 1. The zero-order valence-electron chi connectivity index (χ0n) is 19.5. The highest BCUT2D eigenvalue weighted by molar-refractivity contribution is 6.33. The van der Waals surface area contributed by atoms with Gasteiger partial charge in [0.1, 0.15) is 24.5 Å². The molecule has 0 radical (unpaired) electrons. The van der Waals surface area contributed by atoms with E-state index in [1.54, 1.807) is 17.7 Å². The van der Waals surface area contributed by atoms with Crippen molar-refractivity contribution in [3.63, 3.8) is 0 Å². The number of benzene rings is 3. The van der Waals surface area contributed by atoms with Crippen LogP contribution in [0.4, 0.5) is 34.9 Å². The third-order valence-electron chi connectivity index (χ3n) is 5.83. The number of carbonyl (C=O) groups is 1. The van der Waals surface area contributed by atoms with Crippen LogP contribution in [0.15, 0.2) is 42.5 Å². The van der Waals surface area contributed by atoms with E-state index in [1.807, 2.05) is 19.1 Å². The highest BCUT2D eigenvalue weighted by atomic mass is 35.5. The van der Waals surface area contributed by atoms with Crippen molar-refractivity contribution in [1.82, 2.24) is 9.55 Å². The predicted octanol–water partition coefficient (Wildman–Crippen LogP) is 6.46. The van der Waals surface area contributed by atoms with Crippen molar-refractivity contribution in [1.29, 1.82) is 0 Å². The van der Waals surface area contributed by atoms with Gasteiger partial charge in [-0.25, -0.2) is 9.37 Å². The summed E-state index contributed by atoms with van der Waals surface area (Å²) in [6.07, 6.45) is -4.78. The molecular formula is C25H19ClF4N4O3. The Balaban J connectivity index is 1.57. The van der Waals surface area contributed by atoms with Gasteiger partial charge >= 0.3 is 6.18 Å². The van der Waals surface area contributed by atoms with E-state index in [2.05, 4.69) is 15.6 Å². The first-order valence-electron chi connectivity index (χ1n) is 11.0. The highest BCUT2D eigenvalue weighted by Crippen LogP contribution is 2.43. The van der Waals surface area contributed by atoms with E-state index in [0.717, 1.165) is 11.6 Å². The lowest BCUT2D eigenvalue weighted by Gasteiger charge is -2.22. The van der Waals surface area contributed by atoms with Crippen LogP contribution in [-0.4, -0.2) is 28.7 Å². The summed E-state index contributed by atoms with van der Waals surface area (Å²) in [5, 5.41) is 6.00. The van der Waals surface area contributed by atoms with Gasteiger partial charge in [0.2, 0.25) is 5.95 Å². The quantitative estimate of drug-likeness (QED) is 0.294. The summed E-state index contributed by atoms with van der Waals surface area (Å²) in [7, 11) is 1.74. The van der Waals surface area contributed by atoms with Gasteiger partial charge in [-0.2, -0.15) is 13.2 Å². The van der Waals surface area contributed by atoms with Crippen LogP contribution in [0.2, 0.25) is 5.02 Å². The van der Waals surface area contributed by atoms with Crippen LogP contribution >= 0.6 is 11.6 Å². The molecule has 0 unspecified atom stereocenters. The SMILES string of the molecule is Cc1cccc(Cl)c1Nc1nc2cc(C(=O)Nc3cc(F)cc(C(F)(F)F)c3)c3c(c2n1C)OCCO3. The number of amides is 1. The van der Waals surface area contributed by atoms with Crippen LogP contribution in [0.1, 0.15) is 21.5 Å². The van der Waals surface area contributed by atoms with E-state index in [0.29, 0.717) is 39.8 Å². The zero-order chi connectivity index (χ0) is 26.5. The highest BCUT2D eigenvalue weighted by Gasteiger charge is 2.32. The summed E-state index contributed by atoms with van der Waals surface area (Å²) >= 11 is 6.35. The van der Waals surface area contributed by atoms with Gasteiger partial charge < -0.3 is 24.7 Å². The minimum absolute atomic E-state index is 0.0291.